The van der Waals surface area contributed by atoms with Gasteiger partial charge in [-0.3, -0.25) is 0 Å². The van der Waals surface area contributed by atoms with Gasteiger partial charge in [0.25, 0.3) is 0 Å². The van der Waals surface area contributed by atoms with Crippen molar-refractivity contribution in [2.75, 3.05) is 18.0 Å². The second-order valence-electron chi connectivity index (χ2n) is 3.55. The van der Waals surface area contributed by atoms with Gasteiger partial charge in [0.15, 0.2) is 0 Å². The van der Waals surface area contributed by atoms with Crippen molar-refractivity contribution in [3.63, 3.8) is 0 Å². The van der Waals surface area contributed by atoms with Gasteiger partial charge in [0.05, 0.1) is 5.69 Å². The Morgan fingerprint density at radius 3 is 2.39 bits per heavy atom. The lowest BCUT2D eigenvalue weighted by atomic mass is 10.2. The number of rotatable bonds is 3. The number of anilines is 1. The summed E-state index contributed by atoms with van der Waals surface area (Å²) in [6.07, 6.45) is 0. The number of ether oxygens (including phenoxy) is 2. The van der Waals surface area contributed by atoms with E-state index in [2.05, 4.69) is 9.47 Å². The molecule has 1 aromatic rings. The van der Waals surface area contributed by atoms with Crippen LogP contribution in [0.4, 0.5) is 14.5 Å². The molecule has 0 saturated carbocycles. The quantitative estimate of drug-likeness (QED) is 0.601. The highest BCUT2D eigenvalue weighted by molar-refractivity contribution is 5.94. The number of esters is 2. The number of hydrogen-bond acceptors (Lipinski definition) is 5. The molecule has 7 heteroatoms. The molecule has 0 N–H and O–H groups in total. The molecule has 0 radical (unpaired) electrons. The monoisotopic (exact) mass is 257 g/mol. The lowest BCUT2D eigenvalue weighted by Crippen LogP contribution is -2.43. The van der Waals surface area contributed by atoms with Crippen LogP contribution in [0, 0.1) is 0 Å². The first kappa shape index (κ1) is 12.3. The van der Waals surface area contributed by atoms with Gasteiger partial charge in [-0.2, -0.15) is 8.78 Å². The van der Waals surface area contributed by atoms with Crippen molar-refractivity contribution < 1.29 is 27.8 Å². The van der Waals surface area contributed by atoms with Crippen molar-refractivity contribution in [3.05, 3.63) is 24.3 Å². The van der Waals surface area contributed by atoms with Gasteiger partial charge < -0.3 is 14.4 Å². The van der Waals surface area contributed by atoms with Crippen LogP contribution in [0.5, 0.6) is 5.75 Å². The van der Waals surface area contributed by atoms with Crippen molar-refractivity contribution >= 4 is 17.6 Å². The standard InChI is InChI=1S/C11H9F2NO4/c12-11(13)17-8-4-2-1-3-7(8)14-5-9(15)18-10(16)6-14/h1-4,11H,5-6H2. The first-order valence-electron chi connectivity index (χ1n) is 5.08. The molecule has 0 atom stereocenters. The van der Waals surface area contributed by atoms with E-state index < -0.39 is 18.6 Å². The van der Waals surface area contributed by atoms with E-state index in [9.17, 15) is 18.4 Å². The first-order chi connectivity index (χ1) is 8.56. The SMILES string of the molecule is O=C1CN(c2ccccc2OC(F)F)CC(=O)O1. The zero-order valence-electron chi connectivity index (χ0n) is 9.14. The van der Waals surface area contributed by atoms with E-state index in [1.807, 2.05) is 0 Å². The Hall–Kier alpha value is -2.18. The molecule has 5 nitrogen and oxygen atoms in total. The highest BCUT2D eigenvalue weighted by atomic mass is 19.3. The summed E-state index contributed by atoms with van der Waals surface area (Å²) in [7, 11) is 0. The Bertz CT molecular complexity index is 462. The second kappa shape index (κ2) is 4.99. The largest absolute Gasteiger partial charge is 0.433 e. The van der Waals surface area contributed by atoms with Gasteiger partial charge in [-0.05, 0) is 12.1 Å². The maximum Gasteiger partial charge on any atom is 0.387 e. The summed E-state index contributed by atoms with van der Waals surface area (Å²) in [5, 5.41) is 0. The van der Waals surface area contributed by atoms with Gasteiger partial charge in [-0.25, -0.2) is 9.59 Å². The van der Waals surface area contributed by atoms with Crippen molar-refractivity contribution in [2.45, 2.75) is 6.61 Å². The van der Waals surface area contributed by atoms with Crippen molar-refractivity contribution in [3.8, 4) is 5.75 Å². The summed E-state index contributed by atoms with van der Waals surface area (Å²) in [6, 6.07) is 5.94. The number of benzene rings is 1. The highest BCUT2D eigenvalue weighted by Crippen LogP contribution is 2.30. The number of halogens is 2. The maximum absolute atomic E-state index is 12.2. The molecular formula is C11H9F2NO4. The van der Waals surface area contributed by atoms with Crippen LogP contribution in [0.1, 0.15) is 0 Å². The Morgan fingerprint density at radius 2 is 1.78 bits per heavy atom. The number of cyclic esters (lactones) is 2. The smallest absolute Gasteiger partial charge is 0.387 e. The molecule has 1 saturated heterocycles. The highest BCUT2D eigenvalue weighted by Gasteiger charge is 2.27. The Labute approximate surface area is 101 Å². The average Bonchev–Trinajstić information content (AvgIpc) is 2.27. The van der Waals surface area contributed by atoms with Crippen LogP contribution in [-0.4, -0.2) is 31.6 Å². The summed E-state index contributed by atoms with van der Waals surface area (Å²) in [4.78, 5) is 23.6. The van der Waals surface area contributed by atoms with E-state index in [1.54, 1.807) is 6.07 Å². The van der Waals surface area contributed by atoms with Gasteiger partial charge in [0.1, 0.15) is 18.8 Å². The number of carbonyl (C=O) groups is 2. The Kier molecular flexibility index (Phi) is 3.40. The summed E-state index contributed by atoms with van der Waals surface area (Å²) >= 11 is 0. The van der Waals surface area contributed by atoms with Crippen LogP contribution >= 0.6 is 0 Å². The van der Waals surface area contributed by atoms with Crippen molar-refractivity contribution in [1.82, 2.24) is 0 Å². The summed E-state index contributed by atoms with van der Waals surface area (Å²) in [5.41, 5.74) is 0.253. The molecule has 0 aliphatic carbocycles. The van der Waals surface area contributed by atoms with Crippen LogP contribution in [-0.2, 0) is 14.3 Å². The lowest BCUT2D eigenvalue weighted by Gasteiger charge is -2.27. The lowest BCUT2D eigenvalue weighted by molar-refractivity contribution is -0.160. The van der Waals surface area contributed by atoms with E-state index in [1.165, 1.54) is 23.1 Å². The Balaban J connectivity index is 2.26. The van der Waals surface area contributed by atoms with Gasteiger partial charge in [-0.1, -0.05) is 12.1 Å². The molecule has 0 unspecified atom stereocenters. The molecule has 0 amide bonds. The molecule has 1 fully saturated rings. The van der Waals surface area contributed by atoms with Crippen molar-refractivity contribution in [1.29, 1.82) is 0 Å². The van der Waals surface area contributed by atoms with Crippen LogP contribution in [0.15, 0.2) is 24.3 Å². The predicted octanol–water partition coefficient (Wildman–Crippen LogP) is 1.18. The van der Waals surface area contributed by atoms with E-state index in [4.69, 9.17) is 0 Å². The molecule has 1 aromatic carbocycles. The molecule has 2 rings (SSSR count). The summed E-state index contributed by atoms with van der Waals surface area (Å²) in [6.45, 7) is -3.34. The molecule has 1 heterocycles. The van der Waals surface area contributed by atoms with Crippen molar-refractivity contribution in [2.24, 2.45) is 0 Å². The minimum Gasteiger partial charge on any atom is -0.433 e. The van der Waals surface area contributed by atoms with E-state index in [0.717, 1.165) is 0 Å². The van der Waals surface area contributed by atoms with Gasteiger partial charge in [0, 0.05) is 0 Å². The third-order valence-electron chi connectivity index (χ3n) is 2.29. The van der Waals surface area contributed by atoms with Gasteiger partial charge in [0.2, 0.25) is 0 Å². The van der Waals surface area contributed by atoms with Crippen LogP contribution in [0.25, 0.3) is 0 Å². The zero-order chi connectivity index (χ0) is 13.1. The van der Waals surface area contributed by atoms with E-state index >= 15 is 0 Å². The number of alkyl halides is 2. The summed E-state index contributed by atoms with van der Waals surface area (Å²) in [5.74, 6) is -1.54. The fourth-order valence-corrected chi connectivity index (χ4v) is 1.64. The van der Waals surface area contributed by atoms with Crippen LogP contribution in [0.2, 0.25) is 0 Å². The molecule has 18 heavy (non-hydrogen) atoms. The van der Waals surface area contributed by atoms with E-state index in [0.29, 0.717) is 0 Å². The summed E-state index contributed by atoms with van der Waals surface area (Å²) < 4.78 is 33.1. The molecule has 0 aromatic heterocycles. The number of hydrogen-bond donors (Lipinski definition) is 0. The van der Waals surface area contributed by atoms with Crippen LogP contribution < -0.4 is 9.64 Å². The third kappa shape index (κ3) is 2.73. The Morgan fingerprint density at radius 1 is 1.17 bits per heavy atom. The minimum absolute atomic E-state index is 0.0880. The molecule has 1 aliphatic heterocycles. The predicted molar refractivity (Wildman–Crippen MR) is 56.4 cm³/mol. The fourth-order valence-electron chi connectivity index (χ4n) is 1.64. The molecule has 96 valence electrons. The number of carbonyl (C=O) groups excluding carboxylic acids is 2. The minimum atomic E-state index is -2.97. The molecule has 0 spiro atoms. The maximum atomic E-state index is 12.2. The molecular weight excluding hydrogens is 248 g/mol. The average molecular weight is 257 g/mol. The van der Waals surface area contributed by atoms with E-state index in [-0.39, 0.29) is 24.5 Å². The molecule has 1 aliphatic rings. The number of nitrogens with zero attached hydrogens (tertiary/aromatic N) is 1. The van der Waals surface area contributed by atoms with Gasteiger partial charge >= 0.3 is 18.6 Å². The second-order valence-corrected chi connectivity index (χ2v) is 3.55. The number of para-hydroxylation sites is 2. The fraction of sp³-hybridized carbons (Fsp3) is 0.273. The topological polar surface area (TPSA) is 55.8 Å². The van der Waals surface area contributed by atoms with Crippen LogP contribution in [0.3, 0.4) is 0 Å². The normalized spacial score (nSPS) is 15.8. The molecule has 0 bridgehead atoms. The number of morpholine rings is 1. The first-order valence-corrected chi connectivity index (χ1v) is 5.08. The zero-order valence-corrected chi connectivity index (χ0v) is 9.14. The third-order valence-corrected chi connectivity index (χ3v) is 2.29. The van der Waals surface area contributed by atoms with Gasteiger partial charge in [-0.15, -0.1) is 0 Å².